The summed E-state index contributed by atoms with van der Waals surface area (Å²) in [6, 6.07) is 3.29. The second-order valence-electron chi connectivity index (χ2n) is 4.80. The van der Waals surface area contributed by atoms with Gasteiger partial charge in [0.05, 0.1) is 23.8 Å². The van der Waals surface area contributed by atoms with Crippen LogP contribution in [0, 0.1) is 0 Å². The highest BCUT2D eigenvalue weighted by atomic mass is 19.3. The molecule has 1 fully saturated rings. The molecule has 2 heterocycles. The van der Waals surface area contributed by atoms with Crippen molar-refractivity contribution in [3.05, 3.63) is 24.5 Å². The Kier molecular flexibility index (Phi) is 3.86. The molecule has 0 radical (unpaired) electrons. The molecule has 0 unspecified atom stereocenters. The third kappa shape index (κ3) is 3.68. The molecule has 3 rings (SSSR count). The quantitative estimate of drug-likeness (QED) is 0.753. The zero-order valence-electron chi connectivity index (χ0n) is 11.5. The topological polar surface area (TPSA) is 98.0 Å². The minimum Gasteiger partial charge on any atom is -0.417 e. The molecule has 0 atom stereocenters. The average molecular weight is 308 g/mol. The lowest BCUT2D eigenvalue weighted by atomic mass is 10.4. The predicted molar refractivity (Wildman–Crippen MR) is 77.2 cm³/mol. The summed E-state index contributed by atoms with van der Waals surface area (Å²) in [5.74, 6) is 0.750. The number of nitrogen functional groups attached to an aromatic ring is 1. The molecule has 1 aliphatic rings. The number of nitrogens with zero attached hydrogens (tertiary/aromatic N) is 3. The maximum Gasteiger partial charge on any atom is 0.388 e. The van der Waals surface area contributed by atoms with Crippen LogP contribution in [0.15, 0.2) is 24.5 Å². The number of nitrogens with one attached hydrogen (secondary N) is 2. The number of pyridine rings is 1. The fraction of sp³-hybridized carbons (Fsp3) is 0.308. The molecule has 9 heteroatoms. The summed E-state index contributed by atoms with van der Waals surface area (Å²) in [7, 11) is 0. The molecule has 1 saturated carbocycles. The molecular formula is C13H14F2N6O. The lowest BCUT2D eigenvalue weighted by Gasteiger charge is -2.10. The van der Waals surface area contributed by atoms with Crippen LogP contribution in [0.2, 0.25) is 0 Å². The van der Waals surface area contributed by atoms with Crippen LogP contribution in [0.4, 0.5) is 31.9 Å². The Hall–Kier alpha value is -2.71. The number of nitrogens with two attached hydrogens (primary N) is 1. The zero-order valence-corrected chi connectivity index (χ0v) is 11.5. The average Bonchev–Trinajstić information content (AvgIpc) is 3.28. The largest absolute Gasteiger partial charge is 0.417 e. The van der Waals surface area contributed by atoms with Crippen LogP contribution in [0.5, 0.6) is 5.88 Å². The van der Waals surface area contributed by atoms with Crippen molar-refractivity contribution >= 4 is 23.1 Å². The van der Waals surface area contributed by atoms with E-state index in [1.807, 2.05) is 0 Å². The monoisotopic (exact) mass is 308 g/mol. The number of rotatable bonds is 6. The summed E-state index contributed by atoms with van der Waals surface area (Å²) >= 11 is 0. The van der Waals surface area contributed by atoms with Crippen molar-refractivity contribution < 1.29 is 13.5 Å². The molecule has 0 bridgehead atoms. The number of hydrogen-bond donors (Lipinski definition) is 3. The number of anilines is 4. The van der Waals surface area contributed by atoms with E-state index in [9.17, 15) is 8.78 Å². The van der Waals surface area contributed by atoms with Crippen molar-refractivity contribution in [1.29, 1.82) is 0 Å². The summed E-state index contributed by atoms with van der Waals surface area (Å²) < 4.78 is 28.3. The third-order valence-corrected chi connectivity index (χ3v) is 2.94. The maximum absolute atomic E-state index is 12.1. The maximum atomic E-state index is 12.1. The number of hydrogen-bond acceptors (Lipinski definition) is 7. The number of halogens is 2. The normalized spacial score (nSPS) is 14.0. The van der Waals surface area contributed by atoms with E-state index >= 15 is 0 Å². The van der Waals surface area contributed by atoms with Crippen molar-refractivity contribution in [3.8, 4) is 5.88 Å². The summed E-state index contributed by atoms with van der Waals surface area (Å²) in [6.45, 7) is -2.90. The van der Waals surface area contributed by atoms with E-state index in [1.54, 1.807) is 6.07 Å². The molecule has 1 aliphatic carbocycles. The van der Waals surface area contributed by atoms with Crippen molar-refractivity contribution in [2.45, 2.75) is 25.5 Å². The van der Waals surface area contributed by atoms with Gasteiger partial charge in [-0.25, -0.2) is 9.97 Å². The second-order valence-corrected chi connectivity index (χ2v) is 4.80. The standard InChI is InChI=1S/C13H14F2N6O/c14-12(15)22-10-4-3-8(5-17-10)19-11-9(16)6-18-13(21-11)20-7-1-2-7/h3-7,12H,1-2,16H2,(H2,18,19,20,21). The first-order chi connectivity index (χ1) is 10.6. The molecule has 0 amide bonds. The first kappa shape index (κ1) is 14.2. The van der Waals surface area contributed by atoms with E-state index in [-0.39, 0.29) is 5.88 Å². The van der Waals surface area contributed by atoms with Crippen molar-refractivity contribution in [3.63, 3.8) is 0 Å². The predicted octanol–water partition coefficient (Wildman–Crippen LogP) is 2.37. The molecule has 0 aromatic carbocycles. The van der Waals surface area contributed by atoms with Crippen LogP contribution in [-0.2, 0) is 0 Å². The highest BCUT2D eigenvalue weighted by Crippen LogP contribution is 2.26. The molecular weight excluding hydrogens is 294 g/mol. The Labute approximate surface area is 124 Å². The summed E-state index contributed by atoms with van der Waals surface area (Å²) in [4.78, 5) is 12.1. The minimum atomic E-state index is -2.90. The van der Waals surface area contributed by atoms with Crippen molar-refractivity contribution in [2.24, 2.45) is 0 Å². The summed E-state index contributed by atoms with van der Waals surface area (Å²) in [5, 5.41) is 6.13. The molecule has 4 N–H and O–H groups in total. The third-order valence-electron chi connectivity index (χ3n) is 2.94. The number of aromatic nitrogens is 3. The molecule has 0 aliphatic heterocycles. The zero-order chi connectivity index (χ0) is 15.5. The second kappa shape index (κ2) is 5.96. The molecule has 22 heavy (non-hydrogen) atoms. The van der Waals surface area contributed by atoms with Gasteiger partial charge in [-0.1, -0.05) is 0 Å². The molecule has 0 saturated heterocycles. The van der Waals surface area contributed by atoms with Gasteiger partial charge in [0.15, 0.2) is 5.82 Å². The number of alkyl halides is 2. The fourth-order valence-corrected chi connectivity index (χ4v) is 1.72. The Morgan fingerprint density at radius 3 is 2.68 bits per heavy atom. The van der Waals surface area contributed by atoms with E-state index < -0.39 is 6.61 Å². The summed E-state index contributed by atoms with van der Waals surface area (Å²) in [5.41, 5.74) is 6.74. The first-order valence-electron chi connectivity index (χ1n) is 6.67. The van der Waals surface area contributed by atoms with Crippen LogP contribution in [0.1, 0.15) is 12.8 Å². The smallest absolute Gasteiger partial charge is 0.388 e. The lowest BCUT2D eigenvalue weighted by molar-refractivity contribution is -0.0528. The molecule has 2 aromatic rings. The Morgan fingerprint density at radius 1 is 1.23 bits per heavy atom. The molecule has 116 valence electrons. The highest BCUT2D eigenvalue weighted by Gasteiger charge is 2.22. The van der Waals surface area contributed by atoms with Gasteiger partial charge in [0.25, 0.3) is 0 Å². The van der Waals surface area contributed by atoms with E-state index in [2.05, 4.69) is 30.3 Å². The van der Waals surface area contributed by atoms with Gasteiger partial charge < -0.3 is 21.1 Å². The Morgan fingerprint density at radius 2 is 2.05 bits per heavy atom. The van der Waals surface area contributed by atoms with E-state index in [4.69, 9.17) is 5.73 Å². The van der Waals surface area contributed by atoms with E-state index in [0.717, 1.165) is 12.8 Å². The van der Waals surface area contributed by atoms with Gasteiger partial charge >= 0.3 is 6.61 Å². The van der Waals surface area contributed by atoms with Crippen LogP contribution in [0.25, 0.3) is 0 Å². The van der Waals surface area contributed by atoms with Gasteiger partial charge in [-0.15, -0.1) is 0 Å². The van der Waals surface area contributed by atoms with Crippen LogP contribution in [0.3, 0.4) is 0 Å². The highest BCUT2D eigenvalue weighted by molar-refractivity contribution is 5.68. The fourth-order valence-electron chi connectivity index (χ4n) is 1.72. The van der Waals surface area contributed by atoms with Crippen LogP contribution in [-0.4, -0.2) is 27.6 Å². The van der Waals surface area contributed by atoms with Gasteiger partial charge in [0.1, 0.15) is 0 Å². The Balaban J connectivity index is 1.71. The SMILES string of the molecule is Nc1cnc(NC2CC2)nc1Nc1ccc(OC(F)F)nc1. The van der Waals surface area contributed by atoms with E-state index in [1.165, 1.54) is 18.5 Å². The first-order valence-corrected chi connectivity index (χ1v) is 6.67. The van der Waals surface area contributed by atoms with Gasteiger partial charge in [0, 0.05) is 12.1 Å². The summed E-state index contributed by atoms with van der Waals surface area (Å²) in [6.07, 6.45) is 5.06. The van der Waals surface area contributed by atoms with E-state index in [0.29, 0.717) is 29.2 Å². The van der Waals surface area contributed by atoms with Crippen LogP contribution < -0.4 is 21.1 Å². The van der Waals surface area contributed by atoms with Crippen LogP contribution >= 0.6 is 0 Å². The molecule has 7 nitrogen and oxygen atoms in total. The van der Waals surface area contributed by atoms with Gasteiger partial charge in [0.2, 0.25) is 11.8 Å². The Bertz CT molecular complexity index is 647. The van der Waals surface area contributed by atoms with Crippen molar-refractivity contribution in [2.75, 3.05) is 16.4 Å². The van der Waals surface area contributed by atoms with Crippen molar-refractivity contribution in [1.82, 2.24) is 15.0 Å². The molecule has 0 spiro atoms. The van der Waals surface area contributed by atoms with Gasteiger partial charge in [-0.3, -0.25) is 0 Å². The van der Waals surface area contributed by atoms with Gasteiger partial charge in [-0.05, 0) is 18.9 Å². The molecule has 2 aromatic heterocycles. The minimum absolute atomic E-state index is 0.160. The lowest BCUT2D eigenvalue weighted by Crippen LogP contribution is -2.08. The number of ether oxygens (including phenoxy) is 1. The van der Waals surface area contributed by atoms with Gasteiger partial charge in [-0.2, -0.15) is 13.8 Å².